The molecule has 146 valence electrons. The van der Waals surface area contributed by atoms with E-state index in [9.17, 15) is 9.90 Å². The first-order valence-electron chi connectivity index (χ1n) is 8.97. The molecule has 0 bridgehead atoms. The molecular weight excluding hydrogens is 366 g/mol. The Hall–Kier alpha value is -2.40. The van der Waals surface area contributed by atoms with Crippen molar-refractivity contribution in [3.63, 3.8) is 0 Å². The Morgan fingerprint density at radius 1 is 1.26 bits per heavy atom. The van der Waals surface area contributed by atoms with Crippen molar-refractivity contribution in [1.82, 2.24) is 5.32 Å². The summed E-state index contributed by atoms with van der Waals surface area (Å²) in [6.45, 7) is 5.21. The maximum absolute atomic E-state index is 12.4. The summed E-state index contributed by atoms with van der Waals surface area (Å²) in [6.07, 6.45) is 1.51. The van der Waals surface area contributed by atoms with Crippen molar-refractivity contribution in [2.24, 2.45) is 5.92 Å². The van der Waals surface area contributed by atoms with E-state index in [4.69, 9.17) is 21.1 Å². The van der Waals surface area contributed by atoms with E-state index in [-0.39, 0.29) is 11.7 Å². The lowest BCUT2D eigenvalue weighted by Gasteiger charge is -2.15. The second kappa shape index (κ2) is 10.1. The van der Waals surface area contributed by atoms with E-state index in [0.29, 0.717) is 47.6 Å². The summed E-state index contributed by atoms with van der Waals surface area (Å²) in [5.41, 5.74) is 1.35. The van der Waals surface area contributed by atoms with Gasteiger partial charge in [-0.15, -0.1) is 0 Å². The van der Waals surface area contributed by atoms with Crippen molar-refractivity contribution in [3.8, 4) is 17.2 Å². The van der Waals surface area contributed by atoms with Crippen LogP contribution >= 0.6 is 11.6 Å². The summed E-state index contributed by atoms with van der Waals surface area (Å²) in [4.78, 5) is 12.4. The van der Waals surface area contributed by atoms with Crippen LogP contribution in [0, 0.1) is 5.92 Å². The number of aromatic hydroxyl groups is 1. The number of phenolic OH excluding ortho intramolecular Hbond substituents is 1. The second-order valence-electron chi connectivity index (χ2n) is 6.70. The Bertz CT molecular complexity index is 777. The molecule has 2 aromatic carbocycles. The lowest BCUT2D eigenvalue weighted by molar-refractivity contribution is 0.0953. The average molecular weight is 392 g/mol. The maximum Gasteiger partial charge on any atom is 0.251 e. The molecule has 0 aromatic heterocycles. The van der Waals surface area contributed by atoms with Crippen LogP contribution in [0.3, 0.4) is 0 Å². The zero-order valence-corrected chi connectivity index (χ0v) is 16.7. The molecule has 5 nitrogen and oxygen atoms in total. The molecular formula is C21H26ClNO4. The number of nitrogens with one attached hydrogen (secondary N) is 1. The number of hydrogen-bond donors (Lipinski definition) is 2. The molecule has 0 spiro atoms. The highest BCUT2D eigenvalue weighted by atomic mass is 35.5. The molecule has 0 saturated carbocycles. The van der Waals surface area contributed by atoms with E-state index in [0.717, 1.165) is 12.0 Å². The fraction of sp³-hybridized carbons (Fsp3) is 0.381. The summed E-state index contributed by atoms with van der Waals surface area (Å²) < 4.78 is 11.1. The van der Waals surface area contributed by atoms with E-state index >= 15 is 0 Å². The van der Waals surface area contributed by atoms with E-state index in [1.165, 1.54) is 7.11 Å². The topological polar surface area (TPSA) is 67.8 Å². The first kappa shape index (κ1) is 20.9. The van der Waals surface area contributed by atoms with Gasteiger partial charge in [0, 0.05) is 12.1 Å². The van der Waals surface area contributed by atoms with Crippen molar-refractivity contribution in [1.29, 1.82) is 0 Å². The first-order chi connectivity index (χ1) is 12.9. The van der Waals surface area contributed by atoms with Crippen LogP contribution in [0.5, 0.6) is 17.2 Å². The van der Waals surface area contributed by atoms with E-state index in [1.54, 1.807) is 30.3 Å². The Kier molecular flexibility index (Phi) is 7.80. The number of carbonyl (C=O) groups excluding carboxylic acids is 1. The quantitative estimate of drug-likeness (QED) is 0.662. The van der Waals surface area contributed by atoms with Gasteiger partial charge >= 0.3 is 0 Å². The van der Waals surface area contributed by atoms with Gasteiger partial charge in [0.05, 0.1) is 18.7 Å². The third-order valence-electron chi connectivity index (χ3n) is 4.04. The fourth-order valence-electron chi connectivity index (χ4n) is 2.52. The normalized spacial score (nSPS) is 10.7. The van der Waals surface area contributed by atoms with Gasteiger partial charge in [-0.2, -0.15) is 0 Å². The third kappa shape index (κ3) is 6.36. The van der Waals surface area contributed by atoms with Gasteiger partial charge in [-0.05, 0) is 48.6 Å². The Morgan fingerprint density at radius 3 is 2.70 bits per heavy atom. The van der Waals surface area contributed by atoms with Crippen LogP contribution in [-0.4, -0.2) is 31.3 Å². The lowest BCUT2D eigenvalue weighted by Crippen LogP contribution is -2.25. The van der Waals surface area contributed by atoms with Crippen LogP contribution in [0.4, 0.5) is 0 Å². The number of rotatable bonds is 9. The molecule has 0 aliphatic rings. The molecule has 2 rings (SSSR count). The second-order valence-corrected chi connectivity index (χ2v) is 7.10. The van der Waals surface area contributed by atoms with Crippen LogP contribution in [0.1, 0.15) is 36.2 Å². The highest BCUT2D eigenvalue weighted by Gasteiger charge is 2.16. The van der Waals surface area contributed by atoms with Gasteiger partial charge in [-0.1, -0.05) is 37.6 Å². The SMILES string of the molecule is COc1cc(C(=O)NCCc2cccc(O)c2)cc(Cl)c1OCCC(C)C. The number of benzene rings is 2. The standard InChI is InChI=1S/C21H26ClNO4/c1-14(2)8-10-27-20-18(22)12-16(13-19(20)26-3)21(25)23-9-7-15-5-4-6-17(24)11-15/h4-6,11-14,24H,7-10H2,1-3H3,(H,23,25). The summed E-state index contributed by atoms with van der Waals surface area (Å²) in [7, 11) is 1.52. The number of amides is 1. The minimum absolute atomic E-state index is 0.211. The molecule has 0 atom stereocenters. The maximum atomic E-state index is 12.4. The number of ether oxygens (including phenoxy) is 2. The summed E-state index contributed by atoms with van der Waals surface area (Å²) >= 11 is 6.31. The van der Waals surface area contributed by atoms with Crippen LogP contribution in [-0.2, 0) is 6.42 Å². The smallest absolute Gasteiger partial charge is 0.251 e. The van der Waals surface area contributed by atoms with Crippen molar-refractivity contribution in [3.05, 3.63) is 52.5 Å². The highest BCUT2D eigenvalue weighted by molar-refractivity contribution is 6.32. The van der Waals surface area contributed by atoms with Gasteiger partial charge in [0.2, 0.25) is 0 Å². The number of hydrogen-bond acceptors (Lipinski definition) is 4. The third-order valence-corrected chi connectivity index (χ3v) is 4.32. The van der Waals surface area contributed by atoms with Gasteiger partial charge in [-0.25, -0.2) is 0 Å². The Balaban J connectivity index is 2.00. The van der Waals surface area contributed by atoms with Gasteiger partial charge in [0.1, 0.15) is 5.75 Å². The summed E-state index contributed by atoms with van der Waals surface area (Å²) in [5, 5.41) is 12.7. The van der Waals surface area contributed by atoms with Crippen molar-refractivity contribution in [2.75, 3.05) is 20.3 Å². The summed E-state index contributed by atoms with van der Waals surface area (Å²) in [5.74, 6) is 1.37. The predicted octanol–water partition coefficient (Wildman–Crippen LogP) is 4.45. The van der Waals surface area contributed by atoms with Crippen LogP contribution < -0.4 is 14.8 Å². The van der Waals surface area contributed by atoms with Crippen LogP contribution in [0.2, 0.25) is 5.02 Å². The minimum atomic E-state index is -0.246. The molecule has 6 heteroatoms. The molecule has 0 aliphatic heterocycles. The zero-order chi connectivity index (χ0) is 19.8. The molecule has 2 N–H and O–H groups in total. The predicted molar refractivity (Wildman–Crippen MR) is 107 cm³/mol. The fourth-order valence-corrected chi connectivity index (χ4v) is 2.79. The van der Waals surface area contributed by atoms with E-state index in [2.05, 4.69) is 19.2 Å². The number of methoxy groups -OCH3 is 1. The van der Waals surface area contributed by atoms with E-state index < -0.39 is 0 Å². The molecule has 0 aliphatic carbocycles. The molecule has 27 heavy (non-hydrogen) atoms. The van der Waals surface area contributed by atoms with Gasteiger partial charge in [0.25, 0.3) is 5.91 Å². The van der Waals surface area contributed by atoms with E-state index in [1.807, 2.05) is 6.07 Å². The molecule has 0 unspecified atom stereocenters. The highest BCUT2D eigenvalue weighted by Crippen LogP contribution is 2.36. The number of halogens is 1. The van der Waals surface area contributed by atoms with Crippen molar-refractivity contribution in [2.45, 2.75) is 26.7 Å². The Morgan fingerprint density at radius 2 is 2.04 bits per heavy atom. The Labute approximate surface area is 165 Å². The van der Waals surface area contributed by atoms with Crippen LogP contribution in [0.25, 0.3) is 0 Å². The lowest BCUT2D eigenvalue weighted by atomic mass is 10.1. The molecule has 0 radical (unpaired) electrons. The molecule has 0 fully saturated rings. The molecule has 2 aromatic rings. The molecule has 0 saturated heterocycles. The summed E-state index contributed by atoms with van der Waals surface area (Å²) in [6, 6.07) is 10.2. The van der Waals surface area contributed by atoms with Gasteiger partial charge in [0.15, 0.2) is 11.5 Å². The monoisotopic (exact) mass is 391 g/mol. The van der Waals surface area contributed by atoms with Crippen molar-refractivity contribution < 1.29 is 19.4 Å². The average Bonchev–Trinajstić information content (AvgIpc) is 2.62. The minimum Gasteiger partial charge on any atom is -0.508 e. The molecule has 0 heterocycles. The number of carbonyl (C=O) groups is 1. The van der Waals surface area contributed by atoms with Crippen molar-refractivity contribution >= 4 is 17.5 Å². The van der Waals surface area contributed by atoms with Gasteiger partial charge in [-0.3, -0.25) is 4.79 Å². The first-order valence-corrected chi connectivity index (χ1v) is 9.35. The number of phenols is 1. The van der Waals surface area contributed by atoms with Gasteiger partial charge < -0.3 is 19.9 Å². The largest absolute Gasteiger partial charge is 0.508 e. The zero-order valence-electron chi connectivity index (χ0n) is 15.9. The van der Waals surface area contributed by atoms with Crippen LogP contribution in [0.15, 0.2) is 36.4 Å². The molecule has 1 amide bonds.